The van der Waals surface area contributed by atoms with Crippen molar-refractivity contribution >= 4 is 29.2 Å². The maximum absolute atomic E-state index is 12.8. The minimum Gasteiger partial charge on any atom is -0.462 e. The predicted molar refractivity (Wildman–Crippen MR) is 107 cm³/mol. The van der Waals surface area contributed by atoms with E-state index in [-0.39, 0.29) is 11.3 Å². The molecule has 0 aliphatic carbocycles. The molecule has 1 rings (SSSR count). The summed E-state index contributed by atoms with van der Waals surface area (Å²) in [6.07, 6.45) is -1.10. The van der Waals surface area contributed by atoms with Crippen LogP contribution in [0.1, 0.15) is 53.0 Å². The molecular weight excluding hydrogens is 394 g/mol. The van der Waals surface area contributed by atoms with E-state index in [2.05, 4.69) is 0 Å². The van der Waals surface area contributed by atoms with Crippen molar-refractivity contribution in [2.75, 3.05) is 0 Å². The van der Waals surface area contributed by atoms with Gasteiger partial charge in [0.05, 0.1) is 17.1 Å². The van der Waals surface area contributed by atoms with Crippen LogP contribution in [0.4, 0.5) is 5.69 Å². The Kier molecular flexibility index (Phi) is 8.82. The number of ketones is 2. The fourth-order valence-electron chi connectivity index (χ4n) is 3.17. The van der Waals surface area contributed by atoms with Gasteiger partial charge in [0.1, 0.15) is 23.4 Å². The molecule has 0 bridgehead atoms. The summed E-state index contributed by atoms with van der Waals surface area (Å²) in [6, 6.07) is 5.15. The molecule has 0 N–H and O–H groups in total. The number of esters is 2. The Hall–Kier alpha value is -3.10. The maximum Gasteiger partial charge on any atom is 0.317 e. The molecule has 0 heterocycles. The highest BCUT2D eigenvalue weighted by Gasteiger charge is 2.46. The average molecular weight is 421 g/mol. The summed E-state index contributed by atoms with van der Waals surface area (Å²) in [4.78, 5) is 61.1. The van der Waals surface area contributed by atoms with Gasteiger partial charge in [-0.15, -0.1) is 0 Å². The zero-order valence-corrected chi connectivity index (χ0v) is 17.9. The Morgan fingerprint density at radius 1 is 0.867 bits per heavy atom. The Labute approximate surface area is 174 Å². The van der Waals surface area contributed by atoms with E-state index < -0.39 is 58.4 Å². The van der Waals surface area contributed by atoms with E-state index in [1.54, 1.807) is 27.7 Å². The van der Waals surface area contributed by atoms with E-state index in [1.165, 1.54) is 18.2 Å². The van der Waals surface area contributed by atoms with Crippen LogP contribution in [0.2, 0.25) is 0 Å². The third-order valence-electron chi connectivity index (χ3n) is 4.27. The summed E-state index contributed by atoms with van der Waals surface area (Å²) < 4.78 is 10.4. The van der Waals surface area contributed by atoms with Crippen molar-refractivity contribution in [1.29, 1.82) is 0 Å². The summed E-state index contributed by atoms with van der Waals surface area (Å²) in [5.74, 6) is -7.49. The van der Waals surface area contributed by atoms with Crippen LogP contribution >= 0.6 is 0 Å². The molecule has 0 aliphatic rings. The number of hydrogen-bond acceptors (Lipinski definition) is 8. The van der Waals surface area contributed by atoms with Gasteiger partial charge in [0.2, 0.25) is 0 Å². The van der Waals surface area contributed by atoms with Gasteiger partial charge in [0.15, 0.2) is 0 Å². The first kappa shape index (κ1) is 24.9. The Morgan fingerprint density at radius 2 is 1.30 bits per heavy atom. The average Bonchev–Trinajstić information content (AvgIpc) is 2.59. The first-order valence-electron chi connectivity index (χ1n) is 9.53. The lowest BCUT2D eigenvalue weighted by molar-refractivity contribution is -0.385. The second kappa shape index (κ2) is 10.6. The zero-order chi connectivity index (χ0) is 23.2. The van der Waals surface area contributed by atoms with E-state index in [1.807, 2.05) is 0 Å². The number of nitro groups is 1. The van der Waals surface area contributed by atoms with Crippen molar-refractivity contribution in [3.8, 4) is 0 Å². The highest BCUT2D eigenvalue weighted by Crippen LogP contribution is 2.37. The number of Topliss-reactive ketones (excluding diaryl/α,β-unsaturated/α-hetero) is 2. The second-order valence-corrected chi connectivity index (χ2v) is 7.53. The van der Waals surface area contributed by atoms with E-state index in [9.17, 15) is 29.3 Å². The summed E-state index contributed by atoms with van der Waals surface area (Å²) in [5.41, 5.74) is -0.192. The number of carbonyl (C=O) groups excluding carboxylic acids is 4. The molecule has 0 saturated carbocycles. The van der Waals surface area contributed by atoms with Crippen LogP contribution in [0.15, 0.2) is 24.3 Å². The highest BCUT2D eigenvalue weighted by atomic mass is 16.6. The molecule has 0 radical (unpaired) electrons. The number of nitrogens with zero attached hydrogens (tertiary/aromatic N) is 1. The summed E-state index contributed by atoms with van der Waals surface area (Å²) in [5, 5.41) is 11.2. The standard InChI is InChI=1S/C21H27NO8/c1-11(2)29-20(25)17(13(5)23)19(15-8-7-9-16(10-15)22(27)28)18(14(6)24)21(26)30-12(3)4/h7-12,17-19H,1-6H3/t17-,18-/m0/s1. The minimum atomic E-state index is -1.52. The van der Waals surface area contributed by atoms with Gasteiger partial charge < -0.3 is 9.47 Å². The molecule has 0 aliphatic heterocycles. The van der Waals surface area contributed by atoms with Crippen LogP contribution in [-0.4, -0.2) is 40.6 Å². The molecule has 0 spiro atoms. The first-order valence-corrected chi connectivity index (χ1v) is 9.53. The van der Waals surface area contributed by atoms with E-state index in [0.717, 1.165) is 19.9 Å². The predicted octanol–water partition coefficient (Wildman–Crippen LogP) is 2.99. The summed E-state index contributed by atoms with van der Waals surface area (Å²) in [6.45, 7) is 8.64. The minimum absolute atomic E-state index is 0.117. The number of nitro benzene ring substituents is 1. The molecule has 0 saturated heterocycles. The van der Waals surface area contributed by atoms with Crippen molar-refractivity contribution < 1.29 is 33.6 Å². The van der Waals surface area contributed by atoms with Gasteiger partial charge in [-0.25, -0.2) is 0 Å². The number of carbonyl (C=O) groups is 4. The molecule has 0 fully saturated rings. The topological polar surface area (TPSA) is 130 Å². The Bertz CT molecular complexity index is 790. The molecule has 0 aromatic heterocycles. The Balaban J connectivity index is 3.71. The SMILES string of the molecule is CC(=O)[C@H](C(=O)OC(C)C)C(c1cccc([N+](=O)[O-])c1)[C@H](C(C)=O)C(=O)OC(C)C. The molecule has 9 nitrogen and oxygen atoms in total. The van der Waals surface area contributed by atoms with Crippen molar-refractivity contribution in [1.82, 2.24) is 0 Å². The van der Waals surface area contributed by atoms with Crippen molar-refractivity contribution in [3.63, 3.8) is 0 Å². The Morgan fingerprint density at radius 3 is 1.63 bits per heavy atom. The zero-order valence-electron chi connectivity index (χ0n) is 17.9. The molecule has 30 heavy (non-hydrogen) atoms. The van der Waals surface area contributed by atoms with Gasteiger partial charge in [-0.2, -0.15) is 0 Å². The maximum atomic E-state index is 12.8. The number of non-ortho nitro benzene ring substituents is 1. The van der Waals surface area contributed by atoms with E-state index in [4.69, 9.17) is 9.47 Å². The number of benzene rings is 1. The molecule has 1 aromatic carbocycles. The summed E-state index contributed by atoms with van der Waals surface area (Å²) in [7, 11) is 0. The van der Waals surface area contributed by atoms with Crippen LogP contribution in [0.3, 0.4) is 0 Å². The molecular formula is C21H27NO8. The van der Waals surface area contributed by atoms with Gasteiger partial charge in [-0.05, 0) is 47.1 Å². The molecule has 0 unspecified atom stereocenters. The first-order chi connectivity index (χ1) is 13.9. The van der Waals surface area contributed by atoms with Crippen molar-refractivity contribution in [2.24, 2.45) is 11.8 Å². The number of hydrogen-bond donors (Lipinski definition) is 0. The highest BCUT2D eigenvalue weighted by molar-refractivity contribution is 6.04. The van der Waals surface area contributed by atoms with Crippen LogP contribution in [-0.2, 0) is 28.7 Å². The smallest absolute Gasteiger partial charge is 0.317 e. The summed E-state index contributed by atoms with van der Waals surface area (Å²) >= 11 is 0. The van der Waals surface area contributed by atoms with Crippen LogP contribution in [0.25, 0.3) is 0 Å². The van der Waals surface area contributed by atoms with Gasteiger partial charge in [0.25, 0.3) is 5.69 Å². The largest absolute Gasteiger partial charge is 0.462 e. The molecule has 2 atom stereocenters. The van der Waals surface area contributed by atoms with Crippen LogP contribution < -0.4 is 0 Å². The quantitative estimate of drug-likeness (QED) is 0.244. The lowest BCUT2D eigenvalue weighted by Gasteiger charge is -2.30. The third kappa shape index (κ3) is 6.47. The monoisotopic (exact) mass is 421 g/mol. The van der Waals surface area contributed by atoms with Crippen molar-refractivity contribution in [2.45, 2.75) is 59.7 Å². The van der Waals surface area contributed by atoms with Crippen LogP contribution in [0.5, 0.6) is 0 Å². The fourth-order valence-corrected chi connectivity index (χ4v) is 3.17. The molecule has 1 aromatic rings. The lowest BCUT2D eigenvalue weighted by Crippen LogP contribution is -2.41. The number of ether oxygens (including phenoxy) is 2. The number of rotatable bonds is 10. The van der Waals surface area contributed by atoms with Gasteiger partial charge in [-0.3, -0.25) is 29.3 Å². The molecule has 0 amide bonds. The normalized spacial score (nSPS) is 13.1. The molecule has 164 valence electrons. The fraction of sp³-hybridized carbons (Fsp3) is 0.524. The lowest BCUT2D eigenvalue weighted by atomic mass is 9.73. The van der Waals surface area contributed by atoms with Crippen molar-refractivity contribution in [3.05, 3.63) is 39.9 Å². The van der Waals surface area contributed by atoms with Crippen LogP contribution in [0, 0.1) is 22.0 Å². The van der Waals surface area contributed by atoms with Gasteiger partial charge in [0, 0.05) is 18.1 Å². The second-order valence-electron chi connectivity index (χ2n) is 7.53. The molecule has 9 heteroatoms. The third-order valence-corrected chi connectivity index (χ3v) is 4.27. The van der Waals surface area contributed by atoms with E-state index >= 15 is 0 Å². The van der Waals surface area contributed by atoms with E-state index in [0.29, 0.717) is 0 Å². The van der Waals surface area contributed by atoms with Gasteiger partial charge >= 0.3 is 11.9 Å². The van der Waals surface area contributed by atoms with Gasteiger partial charge in [-0.1, -0.05) is 12.1 Å².